The number of amides is 1. The van der Waals surface area contributed by atoms with Crippen molar-refractivity contribution >= 4 is 45.1 Å². The van der Waals surface area contributed by atoms with Gasteiger partial charge in [0.1, 0.15) is 18.0 Å². The highest BCUT2D eigenvalue weighted by molar-refractivity contribution is 7.92. The first-order chi connectivity index (χ1) is 18.1. The van der Waals surface area contributed by atoms with Gasteiger partial charge in [0.2, 0.25) is 0 Å². The number of carbonyl (C=O) groups excluding carboxylic acids is 1. The van der Waals surface area contributed by atoms with Crippen molar-refractivity contribution in [3.8, 4) is 11.5 Å². The maximum Gasteiger partial charge on any atom is 0.273 e. The van der Waals surface area contributed by atoms with Crippen LogP contribution in [0.4, 0.5) is 11.4 Å². The van der Waals surface area contributed by atoms with E-state index in [0.717, 1.165) is 10.4 Å². The zero-order valence-corrected chi connectivity index (χ0v) is 22.3. The highest BCUT2D eigenvalue weighted by atomic mass is 35.5. The molecular formula is C25H25ClN4O7S. The zero-order valence-electron chi connectivity index (χ0n) is 20.8. The molecule has 13 heteroatoms. The van der Waals surface area contributed by atoms with E-state index in [2.05, 4.69) is 10.5 Å². The van der Waals surface area contributed by atoms with Crippen molar-refractivity contribution in [2.75, 3.05) is 24.6 Å². The molecule has 3 aromatic rings. The highest BCUT2D eigenvalue weighted by Crippen LogP contribution is 2.35. The van der Waals surface area contributed by atoms with Crippen LogP contribution in [0.1, 0.15) is 18.1 Å². The molecule has 0 saturated heterocycles. The van der Waals surface area contributed by atoms with Crippen molar-refractivity contribution in [2.45, 2.75) is 18.7 Å². The van der Waals surface area contributed by atoms with E-state index in [1.54, 1.807) is 24.3 Å². The van der Waals surface area contributed by atoms with Crippen LogP contribution < -0.4 is 19.2 Å². The van der Waals surface area contributed by atoms with Crippen molar-refractivity contribution in [1.29, 1.82) is 0 Å². The number of nitrogens with zero attached hydrogens (tertiary/aromatic N) is 3. The molecule has 0 spiro atoms. The summed E-state index contributed by atoms with van der Waals surface area (Å²) in [5.74, 6) is 0.0195. The Morgan fingerprint density at radius 1 is 1.16 bits per heavy atom. The molecule has 0 bridgehead atoms. The molecule has 200 valence electrons. The largest absolute Gasteiger partial charge is 0.495 e. The average Bonchev–Trinajstić information content (AvgIpc) is 2.88. The van der Waals surface area contributed by atoms with Gasteiger partial charge in [-0.25, -0.2) is 13.8 Å². The summed E-state index contributed by atoms with van der Waals surface area (Å²) in [5, 5.41) is 15.5. The second kappa shape index (κ2) is 12.4. The molecule has 0 saturated carbocycles. The third-order valence-electron chi connectivity index (χ3n) is 5.26. The molecule has 0 aliphatic carbocycles. The van der Waals surface area contributed by atoms with E-state index in [4.69, 9.17) is 21.1 Å². The lowest BCUT2D eigenvalue weighted by Crippen LogP contribution is -2.39. The van der Waals surface area contributed by atoms with Crippen molar-refractivity contribution in [2.24, 2.45) is 5.10 Å². The fraction of sp³-hybridized carbons (Fsp3) is 0.200. The van der Waals surface area contributed by atoms with Gasteiger partial charge >= 0.3 is 0 Å². The third-order valence-corrected chi connectivity index (χ3v) is 7.25. The van der Waals surface area contributed by atoms with E-state index in [1.165, 1.54) is 50.6 Å². The molecule has 0 radical (unpaired) electrons. The number of rotatable bonds is 11. The number of anilines is 1. The minimum atomic E-state index is -4.50. The summed E-state index contributed by atoms with van der Waals surface area (Å²) in [4.78, 5) is 23.2. The number of nitrogens with one attached hydrogen (secondary N) is 1. The number of ether oxygens (including phenoxy) is 2. The van der Waals surface area contributed by atoms with Gasteiger partial charge in [-0.2, -0.15) is 5.10 Å². The SMILES string of the molecule is CCOc1ccc(/C=N\NC(=O)CN(c2cc(Cl)ccc2OC)S(=O)(=O)c2ccc(C)c([N+](=O)[O-])c2)cc1. The Bertz CT molecular complexity index is 1460. The zero-order chi connectivity index (χ0) is 27.9. The van der Waals surface area contributed by atoms with Gasteiger partial charge in [0.05, 0.1) is 35.4 Å². The molecule has 0 unspecified atom stereocenters. The summed E-state index contributed by atoms with van der Waals surface area (Å²) in [7, 11) is -3.17. The van der Waals surface area contributed by atoms with Gasteiger partial charge in [-0.3, -0.25) is 19.2 Å². The van der Waals surface area contributed by atoms with Crippen LogP contribution in [-0.4, -0.2) is 45.7 Å². The van der Waals surface area contributed by atoms with E-state index in [-0.39, 0.29) is 32.6 Å². The Balaban J connectivity index is 1.94. The Hall–Kier alpha value is -4.16. The molecule has 1 N–H and O–H groups in total. The first-order valence-corrected chi connectivity index (χ1v) is 13.0. The fourth-order valence-electron chi connectivity index (χ4n) is 3.39. The minimum Gasteiger partial charge on any atom is -0.495 e. The maximum absolute atomic E-state index is 13.7. The van der Waals surface area contributed by atoms with Gasteiger partial charge in [0, 0.05) is 16.7 Å². The van der Waals surface area contributed by atoms with Crippen LogP contribution in [-0.2, 0) is 14.8 Å². The molecule has 0 aliphatic rings. The van der Waals surface area contributed by atoms with Crippen LogP contribution >= 0.6 is 11.6 Å². The van der Waals surface area contributed by atoms with E-state index >= 15 is 0 Å². The van der Waals surface area contributed by atoms with Gasteiger partial charge in [-0.1, -0.05) is 17.7 Å². The number of hydrogen-bond donors (Lipinski definition) is 1. The number of hydrogen-bond acceptors (Lipinski definition) is 8. The number of aryl methyl sites for hydroxylation is 1. The van der Waals surface area contributed by atoms with E-state index in [1.807, 2.05) is 6.92 Å². The Labute approximate surface area is 224 Å². The summed E-state index contributed by atoms with van der Waals surface area (Å²) in [6.07, 6.45) is 1.38. The van der Waals surface area contributed by atoms with Gasteiger partial charge in [-0.15, -0.1) is 0 Å². The molecule has 3 aromatic carbocycles. The lowest BCUT2D eigenvalue weighted by atomic mass is 10.2. The van der Waals surface area contributed by atoms with Gasteiger partial charge in [0.25, 0.3) is 21.6 Å². The Morgan fingerprint density at radius 2 is 1.87 bits per heavy atom. The van der Waals surface area contributed by atoms with Crippen molar-refractivity contribution in [3.05, 3.63) is 86.9 Å². The molecule has 0 heterocycles. The molecule has 0 atom stereocenters. The first kappa shape index (κ1) is 28.4. The normalized spacial score (nSPS) is 11.3. The molecule has 11 nitrogen and oxygen atoms in total. The summed E-state index contributed by atoms with van der Waals surface area (Å²) in [6.45, 7) is 3.16. The molecule has 3 rings (SSSR count). The second-order valence-electron chi connectivity index (χ2n) is 7.83. The van der Waals surface area contributed by atoms with Crippen LogP contribution in [0.25, 0.3) is 0 Å². The van der Waals surface area contributed by atoms with Crippen LogP contribution in [0.3, 0.4) is 0 Å². The number of carbonyl (C=O) groups is 1. The van der Waals surface area contributed by atoms with E-state index < -0.39 is 27.4 Å². The summed E-state index contributed by atoms with van der Waals surface area (Å²) in [5.41, 5.74) is 2.83. The molecule has 0 fully saturated rings. The van der Waals surface area contributed by atoms with Gasteiger partial charge < -0.3 is 9.47 Å². The number of nitro groups is 1. The number of methoxy groups -OCH3 is 1. The van der Waals surface area contributed by atoms with Crippen LogP contribution in [0.15, 0.2) is 70.7 Å². The lowest BCUT2D eigenvalue weighted by molar-refractivity contribution is -0.385. The molecule has 0 aromatic heterocycles. The smallest absolute Gasteiger partial charge is 0.273 e. The molecule has 0 aliphatic heterocycles. The Morgan fingerprint density at radius 3 is 2.50 bits per heavy atom. The number of halogens is 1. The summed E-state index contributed by atoms with van der Waals surface area (Å²) in [6, 6.07) is 14.7. The standard InChI is InChI=1S/C25H25ClN4O7S/c1-4-37-20-9-6-18(7-10-20)15-27-28-25(31)16-29(23-13-19(26)8-12-24(23)36-3)38(34,35)21-11-5-17(2)22(14-21)30(32)33/h5-15H,4,16H2,1-3H3,(H,28,31)/b27-15-. The predicted octanol–water partition coefficient (Wildman–Crippen LogP) is 4.31. The summed E-state index contributed by atoms with van der Waals surface area (Å²) >= 11 is 6.12. The Kier molecular flexibility index (Phi) is 9.26. The van der Waals surface area contributed by atoms with Crippen molar-refractivity contribution in [1.82, 2.24) is 5.43 Å². The lowest BCUT2D eigenvalue weighted by Gasteiger charge is -2.25. The van der Waals surface area contributed by atoms with Crippen LogP contribution in [0, 0.1) is 17.0 Å². The van der Waals surface area contributed by atoms with Crippen molar-refractivity contribution < 1.29 is 27.6 Å². The predicted molar refractivity (Wildman–Crippen MR) is 144 cm³/mol. The average molecular weight is 561 g/mol. The van der Waals surface area contributed by atoms with E-state index in [0.29, 0.717) is 17.9 Å². The first-order valence-electron chi connectivity index (χ1n) is 11.2. The third kappa shape index (κ3) is 6.78. The quantitative estimate of drug-likeness (QED) is 0.209. The van der Waals surface area contributed by atoms with Crippen molar-refractivity contribution in [3.63, 3.8) is 0 Å². The molecular weight excluding hydrogens is 536 g/mol. The second-order valence-corrected chi connectivity index (χ2v) is 10.1. The van der Waals surface area contributed by atoms with E-state index in [9.17, 15) is 23.3 Å². The van der Waals surface area contributed by atoms with Gasteiger partial charge in [-0.05, 0) is 67.9 Å². The number of sulfonamides is 1. The molecule has 1 amide bonds. The fourth-order valence-corrected chi connectivity index (χ4v) is 5.00. The number of benzene rings is 3. The monoisotopic (exact) mass is 560 g/mol. The number of hydrazone groups is 1. The minimum absolute atomic E-state index is 0.0335. The summed E-state index contributed by atoms with van der Waals surface area (Å²) < 4.78 is 38.8. The maximum atomic E-state index is 13.7. The van der Waals surface area contributed by atoms with Crippen LogP contribution in [0.2, 0.25) is 5.02 Å². The van der Waals surface area contributed by atoms with Crippen LogP contribution in [0.5, 0.6) is 11.5 Å². The molecule has 38 heavy (non-hydrogen) atoms. The topological polar surface area (TPSA) is 140 Å². The highest BCUT2D eigenvalue weighted by Gasteiger charge is 2.31. The number of nitro benzene ring substituents is 1. The van der Waals surface area contributed by atoms with Gasteiger partial charge in [0.15, 0.2) is 0 Å².